The number of hydrogen-bond acceptors (Lipinski definition) is 3. The summed E-state index contributed by atoms with van der Waals surface area (Å²) < 4.78 is 5.57. The second-order valence-electron chi connectivity index (χ2n) is 9.37. The molecule has 4 heteroatoms. The van der Waals surface area contributed by atoms with Crippen LogP contribution in [0.4, 0.5) is 0 Å². The molecule has 4 rings (SSSR count). The van der Waals surface area contributed by atoms with Crippen molar-refractivity contribution < 1.29 is 9.53 Å². The van der Waals surface area contributed by atoms with Crippen LogP contribution in [0.25, 0.3) is 11.1 Å². The fourth-order valence-corrected chi connectivity index (χ4v) is 4.82. The molecule has 0 radical (unpaired) electrons. The Hall–Kier alpha value is -2.95. The average molecular weight is 457 g/mol. The Bertz CT molecular complexity index is 1110. The van der Waals surface area contributed by atoms with Crippen LogP contribution in [0.3, 0.4) is 0 Å². The first kappa shape index (κ1) is 24.2. The van der Waals surface area contributed by atoms with Gasteiger partial charge in [0, 0.05) is 18.7 Å². The van der Waals surface area contributed by atoms with Gasteiger partial charge in [-0.2, -0.15) is 0 Å². The normalized spacial score (nSPS) is 16.0. The maximum absolute atomic E-state index is 12.8. The lowest BCUT2D eigenvalue weighted by Crippen LogP contribution is -2.36. The highest BCUT2D eigenvalue weighted by Crippen LogP contribution is 2.24. The summed E-state index contributed by atoms with van der Waals surface area (Å²) in [5.74, 6) is -0.102. The molecule has 3 aromatic carbocycles. The van der Waals surface area contributed by atoms with Crippen molar-refractivity contribution in [3.05, 3.63) is 94.5 Å². The van der Waals surface area contributed by atoms with Crippen molar-refractivity contribution in [2.45, 2.75) is 57.7 Å². The molecule has 0 bridgehead atoms. The molecule has 0 spiro atoms. The minimum atomic E-state index is -0.296. The van der Waals surface area contributed by atoms with Gasteiger partial charge in [-0.15, -0.1) is 0 Å². The third-order valence-corrected chi connectivity index (χ3v) is 6.91. The van der Waals surface area contributed by atoms with Gasteiger partial charge in [-0.05, 0) is 92.4 Å². The van der Waals surface area contributed by atoms with Crippen LogP contribution in [-0.2, 0) is 24.0 Å². The third kappa shape index (κ3) is 6.13. The first-order chi connectivity index (χ1) is 16.6. The maximum atomic E-state index is 12.8. The molecule has 1 unspecified atom stereocenters. The molecule has 0 fully saturated rings. The molecule has 2 atom stereocenters. The molecule has 1 aliphatic carbocycles. The zero-order valence-corrected chi connectivity index (χ0v) is 20.6. The largest absolute Gasteiger partial charge is 0.362 e. The van der Waals surface area contributed by atoms with Crippen LogP contribution in [0, 0.1) is 6.92 Å². The highest BCUT2D eigenvalue weighted by Gasteiger charge is 2.18. The average Bonchev–Trinajstić information content (AvgIpc) is 2.87. The fraction of sp³-hybridized carbons (Fsp3) is 0.367. The lowest BCUT2D eigenvalue weighted by molar-refractivity contribution is 0.0530. The van der Waals surface area contributed by atoms with Crippen LogP contribution in [0.2, 0.25) is 0 Å². The Kier molecular flexibility index (Phi) is 8.15. The number of aryl methyl sites for hydroxylation is 3. The predicted molar refractivity (Wildman–Crippen MR) is 139 cm³/mol. The van der Waals surface area contributed by atoms with Gasteiger partial charge in [-0.25, -0.2) is 0 Å². The lowest BCUT2D eigenvalue weighted by Gasteiger charge is -2.24. The second-order valence-corrected chi connectivity index (χ2v) is 9.37. The number of rotatable bonds is 9. The summed E-state index contributed by atoms with van der Waals surface area (Å²) in [4.78, 5) is 12.8. The van der Waals surface area contributed by atoms with Crippen LogP contribution in [0.1, 0.15) is 51.9 Å². The van der Waals surface area contributed by atoms with Crippen LogP contribution >= 0.6 is 0 Å². The molecule has 3 aromatic rings. The van der Waals surface area contributed by atoms with Crippen molar-refractivity contribution in [1.82, 2.24) is 10.6 Å². The fourth-order valence-electron chi connectivity index (χ4n) is 4.82. The summed E-state index contributed by atoms with van der Waals surface area (Å²) in [5, 5.41) is 6.45. The first-order valence-electron chi connectivity index (χ1n) is 12.3. The van der Waals surface area contributed by atoms with E-state index in [1.807, 2.05) is 24.3 Å². The van der Waals surface area contributed by atoms with E-state index in [1.54, 1.807) is 7.11 Å². The van der Waals surface area contributed by atoms with E-state index in [1.165, 1.54) is 28.7 Å². The lowest BCUT2D eigenvalue weighted by atomic mass is 9.86. The van der Waals surface area contributed by atoms with Crippen LogP contribution in [-0.4, -0.2) is 32.3 Å². The van der Waals surface area contributed by atoms with E-state index >= 15 is 0 Å². The molecule has 0 heterocycles. The number of benzene rings is 3. The quantitative estimate of drug-likeness (QED) is 0.420. The van der Waals surface area contributed by atoms with Crippen LogP contribution in [0.15, 0.2) is 66.7 Å². The van der Waals surface area contributed by atoms with Gasteiger partial charge in [0.1, 0.15) is 6.23 Å². The molecule has 0 saturated heterocycles. The predicted octanol–water partition coefficient (Wildman–Crippen LogP) is 5.46. The molecule has 1 aliphatic rings. The van der Waals surface area contributed by atoms with E-state index in [4.69, 9.17) is 4.74 Å². The minimum absolute atomic E-state index is 0.102. The van der Waals surface area contributed by atoms with Crippen molar-refractivity contribution in [2.75, 3.05) is 14.2 Å². The molecule has 0 saturated carbocycles. The van der Waals surface area contributed by atoms with E-state index in [2.05, 4.69) is 67.1 Å². The van der Waals surface area contributed by atoms with Gasteiger partial charge in [0.2, 0.25) is 0 Å². The van der Waals surface area contributed by atoms with Crippen molar-refractivity contribution in [1.29, 1.82) is 0 Å². The van der Waals surface area contributed by atoms with Gasteiger partial charge in [0.05, 0.1) is 0 Å². The molecule has 1 amide bonds. The Balaban J connectivity index is 1.29. The highest BCUT2D eigenvalue weighted by molar-refractivity contribution is 5.94. The van der Waals surface area contributed by atoms with Gasteiger partial charge < -0.3 is 15.4 Å². The Morgan fingerprint density at radius 2 is 1.85 bits per heavy atom. The van der Waals surface area contributed by atoms with E-state index in [-0.39, 0.29) is 12.1 Å². The second kappa shape index (κ2) is 11.5. The van der Waals surface area contributed by atoms with Crippen molar-refractivity contribution >= 4 is 5.91 Å². The number of nitrogens with one attached hydrogen (secondary N) is 2. The van der Waals surface area contributed by atoms with E-state index in [9.17, 15) is 4.79 Å². The number of ether oxygens (including phenoxy) is 1. The summed E-state index contributed by atoms with van der Waals surface area (Å²) in [5.41, 5.74) is 8.47. The SMILES string of the molecule is CN[C@H]1CCc2ccc(CCCC(NC(=O)c3ccc(-c4cccc(C)c4)cc3)OC)cc2C1. The van der Waals surface area contributed by atoms with Crippen molar-refractivity contribution in [3.63, 3.8) is 0 Å². The van der Waals surface area contributed by atoms with Crippen molar-refractivity contribution in [2.24, 2.45) is 0 Å². The molecular formula is C30H36N2O2. The summed E-state index contributed by atoms with van der Waals surface area (Å²) >= 11 is 0. The summed E-state index contributed by atoms with van der Waals surface area (Å²) in [6.07, 6.45) is 5.91. The van der Waals surface area contributed by atoms with Crippen LogP contribution < -0.4 is 10.6 Å². The van der Waals surface area contributed by atoms with Gasteiger partial charge in [-0.3, -0.25) is 4.79 Å². The highest BCUT2D eigenvalue weighted by atomic mass is 16.5. The number of amides is 1. The number of carbonyl (C=O) groups excluding carboxylic acids is 1. The topological polar surface area (TPSA) is 50.4 Å². The number of fused-ring (bicyclic) bond motifs is 1. The Labute approximate surface area is 203 Å². The summed E-state index contributed by atoms with van der Waals surface area (Å²) in [6.45, 7) is 2.08. The standard InChI is InChI=1S/C30H36N2O2/c1-21-6-4-8-26(18-21)23-12-14-25(15-13-23)30(33)32-29(34-3)9-5-7-22-10-11-24-16-17-28(31-2)20-27(24)19-22/h4,6,8,10-15,18-19,28-29,31H,5,7,9,16-17,20H2,1-3H3,(H,32,33)/t28-,29?/m0/s1. The molecule has 0 aromatic heterocycles. The zero-order chi connectivity index (χ0) is 23.9. The van der Waals surface area contributed by atoms with E-state index in [0.29, 0.717) is 11.6 Å². The summed E-state index contributed by atoms with van der Waals surface area (Å²) in [7, 11) is 3.71. The maximum Gasteiger partial charge on any atom is 0.253 e. The number of likely N-dealkylation sites (N-methyl/N-ethyl adjacent to an activating group) is 1. The molecule has 2 N–H and O–H groups in total. The number of methoxy groups -OCH3 is 1. The summed E-state index contributed by atoms with van der Waals surface area (Å²) in [6, 6.07) is 23.6. The van der Waals surface area contributed by atoms with Crippen LogP contribution in [0.5, 0.6) is 0 Å². The Morgan fingerprint density at radius 1 is 1.03 bits per heavy atom. The number of carbonyl (C=O) groups is 1. The van der Waals surface area contributed by atoms with Crippen molar-refractivity contribution in [3.8, 4) is 11.1 Å². The third-order valence-electron chi connectivity index (χ3n) is 6.91. The molecular weight excluding hydrogens is 420 g/mol. The number of hydrogen-bond donors (Lipinski definition) is 2. The van der Waals surface area contributed by atoms with Gasteiger partial charge in [0.25, 0.3) is 5.91 Å². The first-order valence-corrected chi connectivity index (χ1v) is 12.3. The monoisotopic (exact) mass is 456 g/mol. The van der Waals surface area contributed by atoms with E-state index in [0.717, 1.165) is 43.2 Å². The van der Waals surface area contributed by atoms with Gasteiger partial charge in [-0.1, -0.05) is 60.2 Å². The smallest absolute Gasteiger partial charge is 0.253 e. The Morgan fingerprint density at radius 3 is 2.59 bits per heavy atom. The zero-order valence-electron chi connectivity index (χ0n) is 20.6. The molecule has 0 aliphatic heterocycles. The van der Waals surface area contributed by atoms with Gasteiger partial charge >= 0.3 is 0 Å². The minimum Gasteiger partial charge on any atom is -0.362 e. The van der Waals surface area contributed by atoms with E-state index < -0.39 is 0 Å². The van der Waals surface area contributed by atoms with Gasteiger partial charge in [0.15, 0.2) is 0 Å². The molecule has 4 nitrogen and oxygen atoms in total. The molecule has 178 valence electrons. The molecule has 34 heavy (non-hydrogen) atoms.